The van der Waals surface area contributed by atoms with Gasteiger partial charge in [-0.25, -0.2) is 0 Å². The molecule has 0 atom stereocenters. The van der Waals surface area contributed by atoms with Crippen molar-refractivity contribution in [3.05, 3.63) is 35.3 Å². The van der Waals surface area contributed by atoms with E-state index >= 15 is 0 Å². The Hall–Kier alpha value is -1.77. The van der Waals surface area contributed by atoms with Gasteiger partial charge in [-0.1, -0.05) is 6.08 Å². The molecular formula is C13H15NO2. The monoisotopic (exact) mass is 217 g/mol. The first kappa shape index (κ1) is 10.7. The van der Waals surface area contributed by atoms with E-state index in [2.05, 4.69) is 6.08 Å². The number of carbonyl (C=O) groups excluding carboxylic acids is 1. The minimum Gasteiger partial charge on any atom is -0.464 e. The SMILES string of the molecule is C/C(=C\c1cc(C2=CCCC2)co1)C(N)=O. The van der Waals surface area contributed by atoms with E-state index in [9.17, 15) is 4.79 Å². The van der Waals surface area contributed by atoms with Gasteiger partial charge >= 0.3 is 0 Å². The highest BCUT2D eigenvalue weighted by molar-refractivity contribution is 5.95. The standard InChI is InChI=1S/C13H15NO2/c1-9(13(14)15)6-12-7-11(8-16-12)10-4-2-3-5-10/h4,6-8H,2-3,5H2,1H3,(H2,14,15)/b9-6+. The molecule has 0 aromatic carbocycles. The van der Waals surface area contributed by atoms with Crippen LogP contribution in [-0.2, 0) is 4.79 Å². The molecule has 3 heteroatoms. The van der Waals surface area contributed by atoms with Crippen molar-refractivity contribution in [1.82, 2.24) is 0 Å². The maximum Gasteiger partial charge on any atom is 0.244 e. The molecule has 1 amide bonds. The minimum atomic E-state index is -0.418. The molecule has 1 aromatic heterocycles. The molecular weight excluding hydrogens is 202 g/mol. The van der Waals surface area contributed by atoms with E-state index in [-0.39, 0.29) is 0 Å². The van der Waals surface area contributed by atoms with Crippen LogP contribution in [0.25, 0.3) is 11.6 Å². The number of amides is 1. The van der Waals surface area contributed by atoms with Crippen molar-refractivity contribution in [3.8, 4) is 0 Å². The molecule has 0 unspecified atom stereocenters. The fourth-order valence-electron chi connectivity index (χ4n) is 1.81. The molecule has 1 heterocycles. The van der Waals surface area contributed by atoms with Crippen LogP contribution in [0.4, 0.5) is 0 Å². The van der Waals surface area contributed by atoms with Crippen LogP contribution >= 0.6 is 0 Å². The molecule has 1 aliphatic carbocycles. The van der Waals surface area contributed by atoms with Crippen molar-refractivity contribution < 1.29 is 9.21 Å². The second-order valence-corrected chi connectivity index (χ2v) is 4.05. The lowest BCUT2D eigenvalue weighted by atomic mass is 10.1. The van der Waals surface area contributed by atoms with E-state index in [1.54, 1.807) is 19.3 Å². The molecule has 16 heavy (non-hydrogen) atoms. The largest absolute Gasteiger partial charge is 0.464 e. The Morgan fingerprint density at radius 1 is 1.56 bits per heavy atom. The molecule has 0 radical (unpaired) electrons. The number of furan rings is 1. The van der Waals surface area contributed by atoms with Crippen molar-refractivity contribution in [1.29, 1.82) is 0 Å². The van der Waals surface area contributed by atoms with Crippen molar-refractivity contribution in [2.45, 2.75) is 26.2 Å². The Balaban J connectivity index is 2.19. The van der Waals surface area contributed by atoms with Gasteiger partial charge in [-0.05, 0) is 43.9 Å². The highest BCUT2D eigenvalue weighted by Crippen LogP contribution is 2.29. The molecule has 0 saturated carbocycles. The smallest absolute Gasteiger partial charge is 0.244 e. The molecule has 1 aliphatic rings. The van der Waals surface area contributed by atoms with Gasteiger partial charge in [0.25, 0.3) is 0 Å². The maximum atomic E-state index is 10.9. The second kappa shape index (κ2) is 4.39. The number of carbonyl (C=O) groups is 1. The molecule has 0 bridgehead atoms. The van der Waals surface area contributed by atoms with Crippen molar-refractivity contribution in [2.24, 2.45) is 5.73 Å². The second-order valence-electron chi connectivity index (χ2n) is 4.05. The first-order valence-electron chi connectivity index (χ1n) is 5.43. The van der Waals surface area contributed by atoms with Gasteiger partial charge in [-0.2, -0.15) is 0 Å². The number of nitrogens with two attached hydrogens (primary N) is 1. The normalized spacial score (nSPS) is 16.3. The molecule has 0 aliphatic heterocycles. The lowest BCUT2D eigenvalue weighted by molar-refractivity contribution is -0.114. The third kappa shape index (κ3) is 2.24. The van der Waals surface area contributed by atoms with E-state index in [0.29, 0.717) is 11.3 Å². The van der Waals surface area contributed by atoms with Crippen LogP contribution < -0.4 is 5.73 Å². The van der Waals surface area contributed by atoms with Gasteiger partial charge in [0.05, 0.1) is 6.26 Å². The van der Waals surface area contributed by atoms with Gasteiger partial charge in [-0.3, -0.25) is 4.79 Å². The van der Waals surface area contributed by atoms with Gasteiger partial charge in [0.1, 0.15) is 5.76 Å². The molecule has 3 nitrogen and oxygen atoms in total. The summed E-state index contributed by atoms with van der Waals surface area (Å²) in [5.74, 6) is 0.261. The first-order chi connectivity index (χ1) is 7.66. The maximum absolute atomic E-state index is 10.9. The molecule has 0 spiro atoms. The van der Waals surface area contributed by atoms with Gasteiger partial charge in [0.15, 0.2) is 0 Å². The van der Waals surface area contributed by atoms with Crippen LogP contribution in [-0.4, -0.2) is 5.91 Å². The van der Waals surface area contributed by atoms with E-state index in [0.717, 1.165) is 18.4 Å². The summed E-state index contributed by atoms with van der Waals surface area (Å²) in [7, 11) is 0. The van der Waals surface area contributed by atoms with Crippen LogP contribution in [0.15, 0.2) is 28.4 Å². The zero-order valence-corrected chi connectivity index (χ0v) is 9.32. The topological polar surface area (TPSA) is 56.2 Å². The zero-order valence-electron chi connectivity index (χ0n) is 9.32. The average Bonchev–Trinajstić information content (AvgIpc) is 2.85. The summed E-state index contributed by atoms with van der Waals surface area (Å²) in [4.78, 5) is 10.9. The summed E-state index contributed by atoms with van der Waals surface area (Å²) in [5.41, 5.74) is 8.10. The van der Waals surface area contributed by atoms with Crippen LogP contribution in [0.2, 0.25) is 0 Å². The lowest BCUT2D eigenvalue weighted by Crippen LogP contribution is -2.11. The number of allylic oxidation sites excluding steroid dienone is 2. The summed E-state index contributed by atoms with van der Waals surface area (Å²) >= 11 is 0. The highest BCUT2D eigenvalue weighted by Gasteiger charge is 2.10. The van der Waals surface area contributed by atoms with E-state index in [1.807, 2.05) is 6.07 Å². The first-order valence-corrected chi connectivity index (χ1v) is 5.43. The Bertz CT molecular complexity index is 466. The number of primary amides is 1. The van der Waals surface area contributed by atoms with Gasteiger partial charge in [0, 0.05) is 11.1 Å². The van der Waals surface area contributed by atoms with Crippen LogP contribution in [0, 0.1) is 0 Å². The molecule has 2 rings (SSSR count). The molecule has 1 aromatic rings. The van der Waals surface area contributed by atoms with Crippen LogP contribution in [0.1, 0.15) is 37.5 Å². The quantitative estimate of drug-likeness (QED) is 0.791. The summed E-state index contributed by atoms with van der Waals surface area (Å²) in [5, 5.41) is 0. The van der Waals surface area contributed by atoms with Gasteiger partial charge < -0.3 is 10.2 Å². The molecule has 0 fully saturated rings. The fraction of sp³-hybridized carbons (Fsp3) is 0.308. The van der Waals surface area contributed by atoms with E-state index in [1.165, 1.54) is 12.0 Å². The molecule has 84 valence electrons. The Labute approximate surface area is 94.6 Å². The predicted octanol–water partition coefficient (Wildman–Crippen LogP) is 2.74. The van der Waals surface area contributed by atoms with Gasteiger partial charge in [-0.15, -0.1) is 0 Å². The van der Waals surface area contributed by atoms with Crippen LogP contribution in [0.3, 0.4) is 0 Å². The molecule has 0 saturated heterocycles. The Kier molecular flexibility index (Phi) is 2.95. The van der Waals surface area contributed by atoms with Crippen molar-refractivity contribution in [3.63, 3.8) is 0 Å². The van der Waals surface area contributed by atoms with Crippen LogP contribution in [0.5, 0.6) is 0 Å². The highest BCUT2D eigenvalue weighted by atomic mass is 16.3. The van der Waals surface area contributed by atoms with E-state index < -0.39 is 5.91 Å². The third-order valence-electron chi connectivity index (χ3n) is 2.78. The Morgan fingerprint density at radius 2 is 2.38 bits per heavy atom. The molecule has 2 N–H and O–H groups in total. The lowest BCUT2D eigenvalue weighted by Gasteiger charge is -1.93. The number of hydrogen-bond donors (Lipinski definition) is 1. The minimum absolute atomic E-state index is 0.418. The summed E-state index contributed by atoms with van der Waals surface area (Å²) in [6, 6.07) is 1.95. The number of hydrogen-bond acceptors (Lipinski definition) is 2. The predicted molar refractivity (Wildman–Crippen MR) is 63.4 cm³/mol. The summed E-state index contributed by atoms with van der Waals surface area (Å²) < 4.78 is 5.37. The van der Waals surface area contributed by atoms with Crippen molar-refractivity contribution >= 4 is 17.6 Å². The van der Waals surface area contributed by atoms with Crippen molar-refractivity contribution in [2.75, 3.05) is 0 Å². The summed E-state index contributed by atoms with van der Waals surface area (Å²) in [6.07, 6.45) is 9.10. The zero-order chi connectivity index (χ0) is 11.5. The Morgan fingerprint density at radius 3 is 3.00 bits per heavy atom. The van der Waals surface area contributed by atoms with Gasteiger partial charge in [0.2, 0.25) is 5.91 Å². The fourth-order valence-corrected chi connectivity index (χ4v) is 1.81. The average molecular weight is 217 g/mol. The number of rotatable bonds is 3. The summed E-state index contributed by atoms with van der Waals surface area (Å²) in [6.45, 7) is 1.68. The van der Waals surface area contributed by atoms with E-state index in [4.69, 9.17) is 10.2 Å². The third-order valence-corrected chi connectivity index (χ3v) is 2.78.